The number of anilines is 1. The molecule has 3 N–H and O–H groups in total. The van der Waals surface area contributed by atoms with E-state index in [1.54, 1.807) is 0 Å². The van der Waals surface area contributed by atoms with Crippen molar-refractivity contribution >= 4 is 16.9 Å². The number of nitrogens with two attached hydrogens (primary N) is 1. The van der Waals surface area contributed by atoms with Crippen LogP contribution in [0.25, 0.3) is 10.9 Å². The summed E-state index contributed by atoms with van der Waals surface area (Å²) >= 11 is 0. The van der Waals surface area contributed by atoms with Crippen LogP contribution in [0.5, 0.6) is 5.88 Å². The molecule has 0 saturated heterocycles. The van der Waals surface area contributed by atoms with Crippen LogP contribution in [0, 0.1) is 0 Å². The summed E-state index contributed by atoms with van der Waals surface area (Å²) in [4.78, 5) is 8.66. The first-order valence-corrected chi connectivity index (χ1v) is 7.64. The Morgan fingerprint density at radius 1 is 1.19 bits per heavy atom. The highest BCUT2D eigenvalue weighted by atomic mass is 16.5. The maximum atomic E-state index is 6.00. The van der Waals surface area contributed by atoms with E-state index in [1.165, 1.54) is 25.7 Å². The molecule has 0 fully saturated rings. The molecular formula is C16H24N4O. The first kappa shape index (κ1) is 15.5. The van der Waals surface area contributed by atoms with Gasteiger partial charge in [-0.2, -0.15) is 4.98 Å². The summed E-state index contributed by atoms with van der Waals surface area (Å²) < 4.78 is 6.00. The maximum absolute atomic E-state index is 6.00. The quantitative estimate of drug-likeness (QED) is 0.440. The Balaban J connectivity index is 2.09. The van der Waals surface area contributed by atoms with Crippen molar-refractivity contribution in [3.63, 3.8) is 0 Å². The lowest BCUT2D eigenvalue weighted by atomic mass is 10.1. The van der Waals surface area contributed by atoms with E-state index >= 15 is 0 Å². The van der Waals surface area contributed by atoms with Crippen molar-refractivity contribution in [3.05, 3.63) is 24.3 Å². The van der Waals surface area contributed by atoms with Crippen LogP contribution >= 0.6 is 0 Å². The number of hydrogen-bond acceptors (Lipinski definition) is 5. The maximum Gasteiger partial charge on any atom is 0.241 e. The minimum Gasteiger partial charge on any atom is -0.474 e. The molecule has 0 bridgehead atoms. The number of unbranched alkanes of at least 4 members (excludes halogenated alkanes) is 3. The zero-order chi connectivity index (χ0) is 15.1. The molecule has 1 atom stereocenters. The predicted molar refractivity (Wildman–Crippen MR) is 86.2 cm³/mol. The molecule has 2 rings (SSSR count). The Morgan fingerprint density at radius 3 is 2.76 bits per heavy atom. The topological polar surface area (TPSA) is 73.1 Å². The first-order valence-electron chi connectivity index (χ1n) is 7.64. The van der Waals surface area contributed by atoms with E-state index in [4.69, 9.17) is 10.6 Å². The molecule has 0 aliphatic rings. The first-order chi connectivity index (χ1) is 10.2. The summed E-state index contributed by atoms with van der Waals surface area (Å²) in [6.07, 6.45) is 6.13. The molecule has 0 saturated carbocycles. The van der Waals surface area contributed by atoms with Crippen LogP contribution < -0.4 is 16.0 Å². The van der Waals surface area contributed by atoms with E-state index < -0.39 is 0 Å². The van der Waals surface area contributed by atoms with Gasteiger partial charge in [0.25, 0.3) is 0 Å². The van der Waals surface area contributed by atoms with Crippen molar-refractivity contribution in [2.75, 3.05) is 5.43 Å². The standard InChI is InChI=1S/C16H24N4O/c1-3-4-5-6-9-12(2)21-15-13-10-7-8-11-14(13)18-16(19-15)20-17/h7-8,10-12H,3-6,9,17H2,1-2H3,(H,18,19,20). The summed E-state index contributed by atoms with van der Waals surface area (Å²) in [5.74, 6) is 6.39. The molecule has 1 aromatic carbocycles. The Bertz CT molecular complexity index is 573. The Hall–Kier alpha value is -1.88. The molecular weight excluding hydrogens is 264 g/mol. The highest BCUT2D eigenvalue weighted by Gasteiger charge is 2.11. The molecule has 5 nitrogen and oxygen atoms in total. The predicted octanol–water partition coefficient (Wildman–Crippen LogP) is 3.65. The second kappa shape index (κ2) is 7.78. The fraction of sp³-hybridized carbons (Fsp3) is 0.500. The number of aromatic nitrogens is 2. The lowest BCUT2D eigenvalue weighted by Crippen LogP contribution is -2.15. The second-order valence-electron chi connectivity index (χ2n) is 5.29. The summed E-state index contributed by atoms with van der Waals surface area (Å²) in [6.45, 7) is 4.30. The van der Waals surface area contributed by atoms with Gasteiger partial charge in [0.2, 0.25) is 11.8 Å². The van der Waals surface area contributed by atoms with Gasteiger partial charge in [0.15, 0.2) is 0 Å². The van der Waals surface area contributed by atoms with Gasteiger partial charge < -0.3 is 4.74 Å². The highest BCUT2D eigenvalue weighted by molar-refractivity contribution is 5.84. The Labute approximate surface area is 125 Å². The van der Waals surface area contributed by atoms with Crippen molar-refractivity contribution in [2.45, 2.75) is 52.1 Å². The monoisotopic (exact) mass is 288 g/mol. The van der Waals surface area contributed by atoms with Crippen molar-refractivity contribution in [2.24, 2.45) is 5.84 Å². The number of ether oxygens (including phenoxy) is 1. The Kier molecular flexibility index (Phi) is 5.75. The van der Waals surface area contributed by atoms with Crippen LogP contribution in [0.1, 0.15) is 46.0 Å². The molecule has 0 spiro atoms. The lowest BCUT2D eigenvalue weighted by Gasteiger charge is -2.15. The number of nitrogens with one attached hydrogen (secondary N) is 1. The Morgan fingerprint density at radius 2 is 2.00 bits per heavy atom. The van der Waals surface area contributed by atoms with Gasteiger partial charge in [-0.3, -0.25) is 5.43 Å². The third kappa shape index (κ3) is 4.29. The van der Waals surface area contributed by atoms with Gasteiger partial charge in [-0.05, 0) is 31.9 Å². The van der Waals surface area contributed by atoms with Gasteiger partial charge >= 0.3 is 0 Å². The number of benzene rings is 1. The number of rotatable bonds is 8. The minimum absolute atomic E-state index is 0.130. The van der Waals surface area contributed by atoms with E-state index in [0.29, 0.717) is 11.8 Å². The van der Waals surface area contributed by atoms with E-state index in [-0.39, 0.29) is 6.10 Å². The molecule has 114 valence electrons. The van der Waals surface area contributed by atoms with Crippen molar-refractivity contribution in [1.82, 2.24) is 9.97 Å². The van der Waals surface area contributed by atoms with Crippen LogP contribution in [-0.2, 0) is 0 Å². The van der Waals surface area contributed by atoms with Crippen LogP contribution in [0.2, 0.25) is 0 Å². The third-order valence-electron chi connectivity index (χ3n) is 3.47. The highest BCUT2D eigenvalue weighted by Crippen LogP contribution is 2.25. The molecule has 21 heavy (non-hydrogen) atoms. The zero-order valence-electron chi connectivity index (χ0n) is 12.8. The van der Waals surface area contributed by atoms with Gasteiger partial charge in [-0.15, -0.1) is 0 Å². The molecule has 2 aromatic rings. The lowest BCUT2D eigenvalue weighted by molar-refractivity contribution is 0.201. The summed E-state index contributed by atoms with van der Waals surface area (Å²) in [7, 11) is 0. The molecule has 1 unspecified atom stereocenters. The number of fused-ring (bicyclic) bond motifs is 1. The van der Waals surface area contributed by atoms with E-state index in [2.05, 4.69) is 29.2 Å². The smallest absolute Gasteiger partial charge is 0.241 e. The number of hydrogen-bond donors (Lipinski definition) is 2. The van der Waals surface area contributed by atoms with Crippen molar-refractivity contribution in [1.29, 1.82) is 0 Å². The van der Waals surface area contributed by atoms with E-state index in [0.717, 1.165) is 17.3 Å². The molecule has 0 radical (unpaired) electrons. The number of hydrazine groups is 1. The SMILES string of the molecule is CCCCCCC(C)Oc1nc(NN)nc2ccccc12. The normalized spacial score (nSPS) is 12.3. The van der Waals surface area contributed by atoms with Crippen molar-refractivity contribution in [3.8, 4) is 5.88 Å². The molecule has 5 heteroatoms. The second-order valence-corrected chi connectivity index (χ2v) is 5.29. The molecule has 0 amide bonds. The van der Waals surface area contributed by atoms with Crippen LogP contribution in [0.3, 0.4) is 0 Å². The van der Waals surface area contributed by atoms with Crippen molar-refractivity contribution < 1.29 is 4.74 Å². The molecule has 0 aliphatic carbocycles. The number of nitrogen functional groups attached to an aromatic ring is 1. The number of nitrogens with zero attached hydrogens (tertiary/aromatic N) is 2. The molecule has 0 aliphatic heterocycles. The van der Waals surface area contributed by atoms with Gasteiger partial charge in [0.05, 0.1) is 17.0 Å². The van der Waals surface area contributed by atoms with Gasteiger partial charge in [0.1, 0.15) is 0 Å². The van der Waals surface area contributed by atoms with E-state index in [1.807, 2.05) is 24.3 Å². The fourth-order valence-corrected chi connectivity index (χ4v) is 2.31. The fourth-order valence-electron chi connectivity index (χ4n) is 2.31. The number of para-hydroxylation sites is 1. The third-order valence-corrected chi connectivity index (χ3v) is 3.47. The minimum atomic E-state index is 0.130. The average molecular weight is 288 g/mol. The molecule has 1 heterocycles. The van der Waals surface area contributed by atoms with Gasteiger partial charge in [0, 0.05) is 0 Å². The van der Waals surface area contributed by atoms with Gasteiger partial charge in [-0.1, -0.05) is 38.3 Å². The van der Waals surface area contributed by atoms with Crippen LogP contribution in [0.15, 0.2) is 24.3 Å². The summed E-state index contributed by atoms with van der Waals surface area (Å²) in [5.41, 5.74) is 3.32. The van der Waals surface area contributed by atoms with Crippen LogP contribution in [0.4, 0.5) is 5.95 Å². The largest absolute Gasteiger partial charge is 0.474 e. The zero-order valence-corrected chi connectivity index (χ0v) is 12.8. The van der Waals surface area contributed by atoms with Gasteiger partial charge in [-0.25, -0.2) is 10.8 Å². The van der Waals surface area contributed by atoms with E-state index in [9.17, 15) is 0 Å². The molecule has 1 aromatic heterocycles. The summed E-state index contributed by atoms with van der Waals surface area (Å²) in [6, 6.07) is 7.79. The van der Waals surface area contributed by atoms with Crippen LogP contribution in [-0.4, -0.2) is 16.1 Å². The summed E-state index contributed by atoms with van der Waals surface area (Å²) in [5, 5.41) is 0.914. The average Bonchev–Trinajstić information content (AvgIpc) is 2.51.